The maximum atomic E-state index is 12.3. The van der Waals surface area contributed by atoms with Gasteiger partial charge >= 0.3 is 5.69 Å². The van der Waals surface area contributed by atoms with E-state index < -0.39 is 0 Å². The summed E-state index contributed by atoms with van der Waals surface area (Å²) in [5.74, 6) is 1.65. The number of hydrogen-bond donors (Lipinski definition) is 3. The predicted octanol–water partition coefficient (Wildman–Crippen LogP) is 0.343. The van der Waals surface area contributed by atoms with Crippen LogP contribution in [0.2, 0.25) is 0 Å². The largest absolute Gasteiger partial charge is 0.396 e. The summed E-state index contributed by atoms with van der Waals surface area (Å²) in [4.78, 5) is 16.6. The van der Waals surface area contributed by atoms with Crippen molar-refractivity contribution in [2.24, 2.45) is 10.4 Å². The lowest BCUT2D eigenvalue weighted by atomic mass is 9.84. The fourth-order valence-electron chi connectivity index (χ4n) is 3.83. The van der Waals surface area contributed by atoms with Crippen LogP contribution in [0.15, 0.2) is 9.79 Å². The first-order valence-electron chi connectivity index (χ1n) is 9.97. The van der Waals surface area contributed by atoms with E-state index in [1.165, 1.54) is 0 Å². The maximum absolute atomic E-state index is 12.3. The number of nitrogens with zero attached hydrogens (tertiary/aromatic N) is 4. The molecule has 10 heteroatoms. The number of aliphatic imine (C=N–C) groups is 1. The standard InChI is InChI=1S/C18H32N6O3.HI/c1-19-16(21-13-18(6-11-25)7-12-27-14-18)20-8-4-10-24-17(26)23-9-3-2-5-15(23)22-24;/h25H,2-14H2,1H3,(H2,19,20,21);1H. The molecule has 1 aromatic heterocycles. The fourth-order valence-corrected chi connectivity index (χ4v) is 3.83. The molecule has 1 unspecified atom stereocenters. The normalized spacial score (nSPS) is 21.9. The number of hydrogen-bond acceptors (Lipinski definition) is 5. The number of rotatable bonds is 8. The highest BCUT2D eigenvalue weighted by Crippen LogP contribution is 2.31. The average Bonchev–Trinajstić information content (AvgIpc) is 3.27. The molecule has 9 nitrogen and oxygen atoms in total. The zero-order valence-corrected chi connectivity index (χ0v) is 19.0. The number of fused-ring (bicyclic) bond motifs is 1. The first kappa shape index (κ1) is 23.1. The van der Waals surface area contributed by atoms with Crippen molar-refractivity contribution in [3.05, 3.63) is 16.3 Å². The Kier molecular flexibility index (Phi) is 9.22. The second-order valence-corrected chi connectivity index (χ2v) is 7.51. The summed E-state index contributed by atoms with van der Waals surface area (Å²) >= 11 is 0. The lowest BCUT2D eigenvalue weighted by Gasteiger charge is -2.27. The molecule has 1 aromatic rings. The first-order chi connectivity index (χ1) is 13.2. The minimum Gasteiger partial charge on any atom is -0.396 e. The molecule has 1 atom stereocenters. The van der Waals surface area contributed by atoms with E-state index in [1.807, 2.05) is 4.57 Å². The molecule has 160 valence electrons. The van der Waals surface area contributed by atoms with Crippen LogP contribution in [0.5, 0.6) is 0 Å². The molecular weight excluding hydrogens is 475 g/mol. The highest BCUT2D eigenvalue weighted by atomic mass is 127. The lowest BCUT2D eigenvalue weighted by Crippen LogP contribution is -2.44. The highest BCUT2D eigenvalue weighted by Gasteiger charge is 2.34. The van der Waals surface area contributed by atoms with Crippen LogP contribution >= 0.6 is 24.0 Å². The molecule has 0 aliphatic carbocycles. The van der Waals surface area contributed by atoms with Gasteiger partial charge in [0.2, 0.25) is 0 Å². The Morgan fingerprint density at radius 1 is 1.39 bits per heavy atom. The van der Waals surface area contributed by atoms with Gasteiger partial charge in [0.25, 0.3) is 0 Å². The van der Waals surface area contributed by atoms with Gasteiger partial charge in [0.1, 0.15) is 5.82 Å². The summed E-state index contributed by atoms with van der Waals surface area (Å²) in [5.41, 5.74) is -0.00535. The quantitative estimate of drug-likeness (QED) is 0.203. The van der Waals surface area contributed by atoms with E-state index >= 15 is 0 Å². The van der Waals surface area contributed by atoms with E-state index in [-0.39, 0.29) is 41.7 Å². The van der Waals surface area contributed by atoms with E-state index in [0.29, 0.717) is 19.7 Å². The van der Waals surface area contributed by atoms with Crippen LogP contribution in [0, 0.1) is 5.41 Å². The molecule has 2 aliphatic heterocycles. The van der Waals surface area contributed by atoms with E-state index in [0.717, 1.165) is 70.0 Å². The van der Waals surface area contributed by atoms with Gasteiger partial charge in [0.05, 0.1) is 6.61 Å². The number of aliphatic hydroxyl groups excluding tert-OH is 1. The molecule has 0 amide bonds. The molecule has 0 radical (unpaired) electrons. The van der Waals surface area contributed by atoms with Crippen molar-refractivity contribution in [1.82, 2.24) is 25.0 Å². The van der Waals surface area contributed by atoms with E-state index in [2.05, 4.69) is 20.7 Å². The van der Waals surface area contributed by atoms with Crippen LogP contribution < -0.4 is 16.3 Å². The van der Waals surface area contributed by atoms with Crippen molar-refractivity contribution >= 4 is 29.9 Å². The third-order valence-electron chi connectivity index (χ3n) is 5.55. The van der Waals surface area contributed by atoms with Crippen molar-refractivity contribution in [3.8, 4) is 0 Å². The minimum absolute atomic E-state index is 0. The predicted molar refractivity (Wildman–Crippen MR) is 118 cm³/mol. The Labute approximate surface area is 183 Å². The van der Waals surface area contributed by atoms with Crippen molar-refractivity contribution in [2.75, 3.05) is 40.0 Å². The minimum atomic E-state index is -0.0187. The Bertz CT molecular complexity index is 696. The van der Waals surface area contributed by atoms with Gasteiger partial charge in [-0.1, -0.05) is 0 Å². The van der Waals surface area contributed by atoms with Gasteiger partial charge in [-0.15, -0.1) is 24.0 Å². The average molecular weight is 508 g/mol. The van der Waals surface area contributed by atoms with Crippen LogP contribution in [0.1, 0.15) is 37.9 Å². The number of guanidine groups is 1. The molecular formula is C18H33IN6O3. The van der Waals surface area contributed by atoms with Crippen LogP contribution in [0.3, 0.4) is 0 Å². The Morgan fingerprint density at radius 2 is 2.25 bits per heavy atom. The van der Waals surface area contributed by atoms with Gasteiger partial charge in [-0.3, -0.25) is 9.56 Å². The molecule has 0 spiro atoms. The van der Waals surface area contributed by atoms with Crippen molar-refractivity contribution < 1.29 is 9.84 Å². The monoisotopic (exact) mass is 508 g/mol. The molecule has 3 N–H and O–H groups in total. The highest BCUT2D eigenvalue weighted by molar-refractivity contribution is 14.0. The number of halogens is 1. The fraction of sp³-hybridized carbons (Fsp3) is 0.833. The van der Waals surface area contributed by atoms with E-state index in [1.54, 1.807) is 11.7 Å². The van der Waals surface area contributed by atoms with Crippen molar-refractivity contribution in [2.45, 2.75) is 51.6 Å². The van der Waals surface area contributed by atoms with Gasteiger partial charge in [0.15, 0.2) is 5.96 Å². The van der Waals surface area contributed by atoms with Crippen LogP contribution in [-0.2, 0) is 24.2 Å². The zero-order valence-electron chi connectivity index (χ0n) is 16.7. The smallest absolute Gasteiger partial charge is 0.345 e. The molecule has 0 bridgehead atoms. The van der Waals surface area contributed by atoms with Gasteiger partial charge in [0, 0.05) is 58.3 Å². The van der Waals surface area contributed by atoms with Crippen molar-refractivity contribution in [3.63, 3.8) is 0 Å². The van der Waals surface area contributed by atoms with Crippen LogP contribution in [-0.4, -0.2) is 65.4 Å². The summed E-state index contributed by atoms with van der Waals surface area (Å²) in [6.07, 6.45) is 5.54. The Hall–Kier alpha value is -1.14. The molecule has 3 rings (SSSR count). The third-order valence-corrected chi connectivity index (χ3v) is 5.55. The van der Waals surface area contributed by atoms with Gasteiger partial charge in [-0.25, -0.2) is 9.48 Å². The topological polar surface area (TPSA) is 106 Å². The van der Waals surface area contributed by atoms with Crippen LogP contribution in [0.25, 0.3) is 0 Å². The molecule has 1 fully saturated rings. The number of aromatic nitrogens is 3. The summed E-state index contributed by atoms with van der Waals surface area (Å²) in [5, 5.41) is 20.4. The molecule has 3 heterocycles. The number of aryl methyl sites for hydroxylation is 2. The number of nitrogens with one attached hydrogen (secondary N) is 2. The summed E-state index contributed by atoms with van der Waals surface area (Å²) in [7, 11) is 1.74. The first-order valence-corrected chi connectivity index (χ1v) is 9.97. The molecule has 2 aliphatic rings. The second-order valence-electron chi connectivity index (χ2n) is 7.51. The maximum Gasteiger partial charge on any atom is 0.345 e. The Morgan fingerprint density at radius 3 is 2.93 bits per heavy atom. The van der Waals surface area contributed by atoms with Gasteiger partial charge in [-0.2, -0.15) is 5.10 Å². The zero-order chi connectivity index (χ0) is 19.1. The summed E-state index contributed by atoms with van der Waals surface area (Å²) in [6.45, 7) is 4.41. The van der Waals surface area contributed by atoms with Gasteiger partial charge < -0.3 is 20.5 Å². The molecule has 0 saturated carbocycles. The van der Waals surface area contributed by atoms with E-state index in [9.17, 15) is 9.90 Å². The van der Waals surface area contributed by atoms with Crippen molar-refractivity contribution in [1.29, 1.82) is 0 Å². The SMILES string of the molecule is CN=C(NCCCn1nc2n(c1=O)CCCC2)NCC1(CCO)CCOC1.I. The number of ether oxygens (including phenoxy) is 1. The lowest BCUT2D eigenvalue weighted by molar-refractivity contribution is 0.127. The second kappa shape index (κ2) is 11.1. The summed E-state index contributed by atoms with van der Waals surface area (Å²) in [6, 6.07) is 0. The summed E-state index contributed by atoms with van der Waals surface area (Å²) < 4.78 is 8.91. The molecule has 28 heavy (non-hydrogen) atoms. The van der Waals surface area contributed by atoms with Crippen LogP contribution in [0.4, 0.5) is 0 Å². The molecule has 0 aromatic carbocycles. The van der Waals surface area contributed by atoms with E-state index in [4.69, 9.17) is 4.74 Å². The third kappa shape index (κ3) is 5.69. The molecule has 1 saturated heterocycles. The number of aliphatic hydroxyl groups is 1. The Balaban J connectivity index is 0.00000280. The van der Waals surface area contributed by atoms with Gasteiger partial charge in [-0.05, 0) is 32.1 Å².